The number of quaternary nitrogens is 1. The Kier molecular flexibility index (Phi) is 43.3. The molecule has 1 amide bonds. The van der Waals surface area contributed by atoms with Gasteiger partial charge in [-0.25, -0.2) is 0 Å². The van der Waals surface area contributed by atoms with Gasteiger partial charge in [0.15, 0.2) is 0 Å². The molecule has 0 spiro atoms. The van der Waals surface area contributed by atoms with Gasteiger partial charge in [0.25, 0.3) is 7.82 Å². The van der Waals surface area contributed by atoms with Crippen molar-refractivity contribution >= 4 is 13.7 Å². The first kappa shape index (κ1) is 61.2. The third-order valence-electron chi connectivity index (χ3n) is 10.4. The number of aliphatic hydroxyl groups excluding tert-OH is 1. The van der Waals surface area contributed by atoms with E-state index in [2.05, 4.69) is 116 Å². The lowest BCUT2D eigenvalue weighted by Gasteiger charge is -2.29. The summed E-state index contributed by atoms with van der Waals surface area (Å²) in [5.74, 6) is -0.258. The maximum atomic E-state index is 12.9. The lowest BCUT2D eigenvalue weighted by atomic mass is 10.1. The third kappa shape index (κ3) is 47.1. The summed E-state index contributed by atoms with van der Waals surface area (Å²) in [5.41, 5.74) is 0. The van der Waals surface area contributed by atoms with E-state index in [4.69, 9.17) is 9.05 Å². The molecule has 0 aliphatic heterocycles. The average molecular weight is 911 g/mol. The van der Waals surface area contributed by atoms with Crippen LogP contribution in [-0.2, 0) is 18.4 Å². The summed E-state index contributed by atoms with van der Waals surface area (Å²) in [6, 6.07) is -0.941. The number of aliphatic hydroxyl groups is 1. The van der Waals surface area contributed by atoms with E-state index in [1.807, 2.05) is 27.2 Å². The molecule has 0 bridgehead atoms. The molecule has 0 saturated carbocycles. The molecule has 0 aliphatic carbocycles. The predicted molar refractivity (Wildman–Crippen MR) is 274 cm³/mol. The van der Waals surface area contributed by atoms with E-state index in [1.165, 1.54) is 77.0 Å². The molecule has 0 saturated heterocycles. The molecule has 0 aromatic carbocycles. The SMILES string of the molecule is CC/C=C\C/C=C\C/C=C\C/C=C\C/C=C\C/C=C\CCCCC(=O)NC(COP(=O)([O-])OCC[N+](C)(C)C)C(O)/C=C/CC/C=C/CC/C=C/CCCCCCCCCCCCC. The van der Waals surface area contributed by atoms with Crippen molar-refractivity contribution in [2.45, 2.75) is 193 Å². The summed E-state index contributed by atoms with van der Waals surface area (Å²) in [4.78, 5) is 25.4. The first-order valence-electron chi connectivity index (χ1n) is 25.2. The molecule has 9 heteroatoms. The van der Waals surface area contributed by atoms with Crippen LogP contribution in [0.5, 0.6) is 0 Å². The number of hydrogen-bond acceptors (Lipinski definition) is 6. The lowest BCUT2D eigenvalue weighted by Crippen LogP contribution is -2.45. The second-order valence-electron chi connectivity index (χ2n) is 17.8. The van der Waals surface area contributed by atoms with Crippen LogP contribution in [0.4, 0.5) is 0 Å². The Bertz CT molecular complexity index is 1400. The molecular formula is C55H95N2O6P. The molecule has 0 fully saturated rings. The Morgan fingerprint density at radius 2 is 0.969 bits per heavy atom. The largest absolute Gasteiger partial charge is 0.756 e. The van der Waals surface area contributed by atoms with E-state index in [9.17, 15) is 19.4 Å². The second-order valence-corrected chi connectivity index (χ2v) is 19.2. The molecule has 0 heterocycles. The number of unbranched alkanes of at least 4 members (excludes halogenated alkanes) is 15. The Morgan fingerprint density at radius 1 is 0.562 bits per heavy atom. The van der Waals surface area contributed by atoms with Crippen LogP contribution >= 0.6 is 7.82 Å². The number of allylic oxidation sites excluding steroid dienone is 17. The maximum Gasteiger partial charge on any atom is 0.268 e. The smallest absolute Gasteiger partial charge is 0.268 e. The van der Waals surface area contributed by atoms with Crippen LogP contribution in [0.15, 0.2) is 109 Å². The molecule has 0 radical (unpaired) electrons. The fourth-order valence-electron chi connectivity index (χ4n) is 6.48. The van der Waals surface area contributed by atoms with Crippen LogP contribution < -0.4 is 10.2 Å². The van der Waals surface area contributed by atoms with Crippen LogP contribution in [0.2, 0.25) is 0 Å². The van der Waals surface area contributed by atoms with Crippen molar-refractivity contribution in [3.8, 4) is 0 Å². The minimum absolute atomic E-state index is 0.0240. The number of likely N-dealkylation sites (N-methyl/N-ethyl adjacent to an activating group) is 1. The molecule has 2 N–H and O–H groups in total. The molecule has 8 nitrogen and oxygen atoms in total. The zero-order chi connectivity index (χ0) is 47.1. The maximum absolute atomic E-state index is 12.9. The highest BCUT2D eigenvalue weighted by Crippen LogP contribution is 2.38. The second kappa shape index (κ2) is 45.3. The number of rotatable bonds is 44. The lowest BCUT2D eigenvalue weighted by molar-refractivity contribution is -0.870. The number of carbonyl (C=O) groups is 1. The van der Waals surface area contributed by atoms with Gasteiger partial charge in [0.2, 0.25) is 5.91 Å². The number of nitrogens with one attached hydrogen (secondary N) is 1. The zero-order valence-electron chi connectivity index (χ0n) is 41.4. The van der Waals surface area contributed by atoms with E-state index < -0.39 is 26.6 Å². The molecule has 366 valence electrons. The molecular weight excluding hydrogens is 816 g/mol. The van der Waals surface area contributed by atoms with Gasteiger partial charge in [-0.1, -0.05) is 187 Å². The van der Waals surface area contributed by atoms with Gasteiger partial charge in [-0.15, -0.1) is 0 Å². The van der Waals surface area contributed by atoms with E-state index in [0.717, 1.165) is 70.6 Å². The van der Waals surface area contributed by atoms with Gasteiger partial charge < -0.3 is 28.8 Å². The van der Waals surface area contributed by atoms with Crippen LogP contribution in [0.25, 0.3) is 0 Å². The monoisotopic (exact) mass is 911 g/mol. The number of nitrogens with zero attached hydrogens (tertiary/aromatic N) is 1. The van der Waals surface area contributed by atoms with Crippen molar-refractivity contribution in [1.29, 1.82) is 0 Å². The minimum atomic E-state index is -4.63. The normalized spacial score (nSPS) is 15.0. The van der Waals surface area contributed by atoms with E-state index in [1.54, 1.807) is 6.08 Å². The summed E-state index contributed by atoms with van der Waals surface area (Å²) in [6.45, 7) is 4.45. The Hall–Kier alpha value is -2.84. The molecule has 0 aromatic heterocycles. The van der Waals surface area contributed by atoms with Gasteiger partial charge >= 0.3 is 0 Å². The third-order valence-corrected chi connectivity index (χ3v) is 11.4. The number of amides is 1. The topological polar surface area (TPSA) is 108 Å². The minimum Gasteiger partial charge on any atom is -0.756 e. The van der Waals surface area contributed by atoms with Gasteiger partial charge in [-0.2, -0.15) is 0 Å². The average Bonchev–Trinajstić information content (AvgIpc) is 3.25. The highest BCUT2D eigenvalue weighted by molar-refractivity contribution is 7.45. The number of phosphoric ester groups is 1. The van der Waals surface area contributed by atoms with Gasteiger partial charge in [0, 0.05) is 6.42 Å². The highest BCUT2D eigenvalue weighted by atomic mass is 31.2. The fourth-order valence-corrected chi connectivity index (χ4v) is 7.20. The van der Waals surface area contributed by atoms with Gasteiger partial charge in [-0.05, 0) is 96.3 Å². The Balaban J connectivity index is 4.53. The molecule has 0 aromatic rings. The number of carbonyl (C=O) groups excluding carboxylic acids is 1. The van der Waals surface area contributed by atoms with Crippen molar-refractivity contribution < 1.29 is 32.9 Å². The van der Waals surface area contributed by atoms with Gasteiger partial charge in [0.05, 0.1) is 39.9 Å². The van der Waals surface area contributed by atoms with Crippen LogP contribution in [0.3, 0.4) is 0 Å². The molecule has 0 aliphatic rings. The van der Waals surface area contributed by atoms with Crippen LogP contribution in [-0.4, -0.2) is 68.5 Å². The quantitative estimate of drug-likeness (QED) is 0.0273. The summed E-state index contributed by atoms with van der Waals surface area (Å²) in [6.07, 6.45) is 65.8. The fraction of sp³-hybridized carbons (Fsp3) is 0.655. The molecule has 3 unspecified atom stereocenters. The molecule has 3 atom stereocenters. The number of phosphoric acid groups is 1. The first-order valence-corrected chi connectivity index (χ1v) is 26.7. The molecule has 64 heavy (non-hydrogen) atoms. The van der Waals surface area contributed by atoms with E-state index >= 15 is 0 Å². The first-order chi connectivity index (χ1) is 31.0. The van der Waals surface area contributed by atoms with Crippen molar-refractivity contribution in [3.63, 3.8) is 0 Å². The van der Waals surface area contributed by atoms with E-state index in [0.29, 0.717) is 23.9 Å². The van der Waals surface area contributed by atoms with Crippen LogP contribution in [0.1, 0.15) is 181 Å². The van der Waals surface area contributed by atoms with E-state index in [-0.39, 0.29) is 18.9 Å². The van der Waals surface area contributed by atoms with Gasteiger partial charge in [-0.3, -0.25) is 9.36 Å². The van der Waals surface area contributed by atoms with Crippen molar-refractivity contribution in [3.05, 3.63) is 109 Å². The summed E-state index contributed by atoms with van der Waals surface area (Å²) >= 11 is 0. The Morgan fingerprint density at radius 3 is 1.45 bits per heavy atom. The van der Waals surface area contributed by atoms with Crippen molar-refractivity contribution in [2.75, 3.05) is 40.9 Å². The standard InChI is InChI=1S/C55H95N2O6P/c1-6-8-10-12-14-16-18-20-22-24-26-28-30-32-34-36-38-40-42-44-46-48-54(58)53(52-63-64(60,61)62-51-50-57(3,4)5)56-55(59)49-47-45-43-41-39-37-35-33-31-29-27-25-23-21-19-17-15-13-11-9-7-2/h9,11,15,17,21,23,27,29-30,32-33,35,38-41,46,48,53-54,58H,6-8,10,12-14,16,18-20,22,24-26,28,31,34,36-37,42-45,47,49-52H2,1-5H3,(H-,56,59,60,61)/b11-9-,17-15-,23-21-,29-27-,32-30+,35-33-,40-38+,41-39-,48-46+. The summed E-state index contributed by atoms with van der Waals surface area (Å²) < 4.78 is 23.2. The highest BCUT2D eigenvalue weighted by Gasteiger charge is 2.23. The summed E-state index contributed by atoms with van der Waals surface area (Å²) in [7, 11) is 1.19. The number of hydrogen-bond donors (Lipinski definition) is 2. The van der Waals surface area contributed by atoms with Crippen molar-refractivity contribution in [2.24, 2.45) is 0 Å². The Labute approximate surface area is 393 Å². The van der Waals surface area contributed by atoms with Gasteiger partial charge in [0.1, 0.15) is 13.2 Å². The zero-order valence-corrected chi connectivity index (χ0v) is 42.3. The summed E-state index contributed by atoms with van der Waals surface area (Å²) in [5, 5.41) is 13.8. The van der Waals surface area contributed by atoms with Crippen molar-refractivity contribution in [1.82, 2.24) is 5.32 Å². The predicted octanol–water partition coefficient (Wildman–Crippen LogP) is 14.2. The molecule has 0 rings (SSSR count). The van der Waals surface area contributed by atoms with Crippen LogP contribution in [0, 0.1) is 0 Å².